The minimum absolute atomic E-state index is 0.400. The summed E-state index contributed by atoms with van der Waals surface area (Å²) in [5.41, 5.74) is 7.07. The van der Waals surface area contributed by atoms with Gasteiger partial charge in [0, 0.05) is 18.1 Å². The van der Waals surface area contributed by atoms with Gasteiger partial charge in [-0.3, -0.25) is 9.19 Å². The first kappa shape index (κ1) is 12.1. The summed E-state index contributed by atoms with van der Waals surface area (Å²) in [7, 11) is -1.18. The van der Waals surface area contributed by atoms with Gasteiger partial charge >= 0.3 is 0 Å². The summed E-state index contributed by atoms with van der Waals surface area (Å²) >= 11 is 6.00. The van der Waals surface area contributed by atoms with Gasteiger partial charge in [-0.25, -0.2) is 0 Å². The van der Waals surface area contributed by atoms with Crippen LogP contribution in [0, 0.1) is 0 Å². The maximum absolute atomic E-state index is 12.1. The van der Waals surface area contributed by atoms with Crippen molar-refractivity contribution < 1.29 is 4.21 Å². The van der Waals surface area contributed by atoms with Crippen molar-refractivity contribution in [3.63, 3.8) is 0 Å². The van der Waals surface area contributed by atoms with Gasteiger partial charge in [0.2, 0.25) is 0 Å². The zero-order valence-electron chi connectivity index (χ0n) is 8.97. The van der Waals surface area contributed by atoms with E-state index in [0.29, 0.717) is 21.4 Å². The minimum Gasteiger partial charge on any atom is -0.399 e. The van der Waals surface area contributed by atoms with E-state index in [1.165, 1.54) is 0 Å². The van der Waals surface area contributed by atoms with Crippen molar-refractivity contribution in [2.75, 3.05) is 5.73 Å². The van der Waals surface area contributed by atoms with Crippen LogP contribution in [0.3, 0.4) is 0 Å². The Morgan fingerprint density at radius 3 is 2.82 bits per heavy atom. The molecule has 0 saturated carbocycles. The molecule has 0 amide bonds. The number of anilines is 1. The summed E-state index contributed by atoms with van der Waals surface area (Å²) in [5.74, 6) is 0.400. The Hall–Kier alpha value is -1.39. The number of rotatable bonds is 3. The van der Waals surface area contributed by atoms with Crippen LogP contribution in [0.15, 0.2) is 47.6 Å². The molecule has 2 aromatic rings. The number of halogens is 1. The molecule has 2 rings (SSSR count). The van der Waals surface area contributed by atoms with Crippen LogP contribution >= 0.6 is 11.6 Å². The van der Waals surface area contributed by atoms with Crippen molar-refractivity contribution >= 4 is 28.1 Å². The average molecular weight is 267 g/mol. The quantitative estimate of drug-likeness (QED) is 0.869. The second-order valence-corrected chi connectivity index (χ2v) is 5.37. The molecule has 0 aliphatic rings. The molecular formula is C12H11ClN2OS. The number of nitrogen functional groups attached to an aromatic ring is 1. The average Bonchev–Trinajstić information content (AvgIpc) is 2.30. The largest absolute Gasteiger partial charge is 0.399 e. The van der Waals surface area contributed by atoms with Gasteiger partial charge in [0.25, 0.3) is 0 Å². The topological polar surface area (TPSA) is 56.0 Å². The molecule has 0 aliphatic heterocycles. The fraction of sp³-hybridized carbons (Fsp3) is 0.0833. The van der Waals surface area contributed by atoms with Gasteiger partial charge < -0.3 is 5.73 Å². The zero-order valence-corrected chi connectivity index (χ0v) is 10.5. The van der Waals surface area contributed by atoms with Crippen molar-refractivity contribution in [2.45, 2.75) is 10.6 Å². The lowest BCUT2D eigenvalue weighted by atomic mass is 10.3. The first-order valence-corrected chi connectivity index (χ1v) is 6.69. The molecule has 1 heterocycles. The number of benzene rings is 1. The van der Waals surface area contributed by atoms with E-state index in [1.807, 2.05) is 12.1 Å². The number of aromatic nitrogens is 1. The van der Waals surface area contributed by atoms with Gasteiger partial charge in [0.05, 0.1) is 26.5 Å². The lowest BCUT2D eigenvalue weighted by Gasteiger charge is -2.05. The second kappa shape index (κ2) is 5.29. The fourth-order valence-corrected chi connectivity index (χ4v) is 2.99. The third-order valence-electron chi connectivity index (χ3n) is 2.22. The van der Waals surface area contributed by atoms with Gasteiger partial charge in [-0.15, -0.1) is 0 Å². The molecule has 0 fully saturated rings. The lowest BCUT2D eigenvalue weighted by Crippen LogP contribution is -1.98. The summed E-state index contributed by atoms with van der Waals surface area (Å²) in [4.78, 5) is 4.58. The molecule has 3 nitrogen and oxygen atoms in total. The highest BCUT2D eigenvalue weighted by atomic mass is 35.5. The summed E-state index contributed by atoms with van der Waals surface area (Å²) < 4.78 is 12.1. The van der Waals surface area contributed by atoms with Crippen molar-refractivity contribution in [3.8, 4) is 0 Å². The van der Waals surface area contributed by atoms with E-state index in [2.05, 4.69) is 4.98 Å². The first-order valence-electron chi connectivity index (χ1n) is 4.99. The van der Waals surface area contributed by atoms with Gasteiger partial charge in [-0.05, 0) is 29.8 Å². The van der Waals surface area contributed by atoms with Crippen molar-refractivity contribution in [2.24, 2.45) is 0 Å². The standard InChI is InChI=1S/C12H11ClN2OS/c13-11-6-10(14)3-4-12(11)17(16)8-9-2-1-5-15-7-9/h1-7H,8,14H2. The monoisotopic (exact) mass is 266 g/mol. The van der Waals surface area contributed by atoms with Crippen molar-refractivity contribution in [3.05, 3.63) is 53.3 Å². The van der Waals surface area contributed by atoms with Gasteiger partial charge in [0.1, 0.15) is 0 Å². The molecule has 1 atom stereocenters. The first-order chi connectivity index (χ1) is 8.16. The molecule has 0 aliphatic carbocycles. The fourth-order valence-electron chi connectivity index (χ4n) is 1.41. The molecule has 1 unspecified atom stereocenters. The molecular weight excluding hydrogens is 256 g/mol. The highest BCUT2D eigenvalue weighted by Crippen LogP contribution is 2.23. The van der Waals surface area contributed by atoms with E-state index in [4.69, 9.17) is 17.3 Å². The normalized spacial score (nSPS) is 12.3. The summed E-state index contributed by atoms with van der Waals surface area (Å²) in [5, 5.41) is 0.437. The van der Waals surface area contributed by atoms with Gasteiger partial charge in [0.15, 0.2) is 0 Å². The lowest BCUT2D eigenvalue weighted by molar-refractivity contribution is 0.682. The SMILES string of the molecule is Nc1ccc(S(=O)Cc2cccnc2)c(Cl)c1. The number of pyridine rings is 1. The molecule has 0 spiro atoms. The maximum Gasteiger partial charge on any atom is 0.0589 e. The zero-order chi connectivity index (χ0) is 12.3. The highest BCUT2D eigenvalue weighted by molar-refractivity contribution is 7.84. The Labute approximate surface area is 107 Å². The molecule has 2 N–H and O–H groups in total. The van der Waals surface area contributed by atoms with Gasteiger partial charge in [-0.1, -0.05) is 17.7 Å². The molecule has 0 saturated heterocycles. The van der Waals surface area contributed by atoms with Crippen LogP contribution in [0.2, 0.25) is 5.02 Å². The van der Waals surface area contributed by atoms with E-state index < -0.39 is 10.8 Å². The van der Waals surface area contributed by atoms with E-state index >= 15 is 0 Å². The van der Waals surface area contributed by atoms with E-state index in [0.717, 1.165) is 5.56 Å². The summed E-state index contributed by atoms with van der Waals surface area (Å²) in [6.45, 7) is 0. The highest BCUT2D eigenvalue weighted by Gasteiger charge is 2.09. The second-order valence-electron chi connectivity index (χ2n) is 3.54. The smallest absolute Gasteiger partial charge is 0.0589 e. The molecule has 0 radical (unpaired) electrons. The van der Waals surface area contributed by atoms with Crippen LogP contribution in [0.5, 0.6) is 0 Å². The third-order valence-corrected chi connectivity index (χ3v) is 4.09. The molecule has 1 aromatic carbocycles. The van der Waals surface area contributed by atoms with E-state index in [1.54, 1.807) is 30.6 Å². The number of hydrogen-bond donors (Lipinski definition) is 1. The Morgan fingerprint density at radius 2 is 2.18 bits per heavy atom. The minimum atomic E-state index is -1.18. The van der Waals surface area contributed by atoms with Gasteiger partial charge in [-0.2, -0.15) is 0 Å². The van der Waals surface area contributed by atoms with Crippen LogP contribution in [0.25, 0.3) is 0 Å². The number of nitrogens with zero attached hydrogens (tertiary/aromatic N) is 1. The Balaban J connectivity index is 2.21. The van der Waals surface area contributed by atoms with Crippen LogP contribution in [-0.2, 0) is 16.6 Å². The predicted molar refractivity (Wildman–Crippen MR) is 70.2 cm³/mol. The van der Waals surface area contributed by atoms with Crippen LogP contribution in [-0.4, -0.2) is 9.19 Å². The van der Waals surface area contributed by atoms with Crippen LogP contribution in [0.1, 0.15) is 5.56 Å². The molecule has 1 aromatic heterocycles. The van der Waals surface area contributed by atoms with Crippen LogP contribution in [0.4, 0.5) is 5.69 Å². The Morgan fingerprint density at radius 1 is 1.35 bits per heavy atom. The molecule has 17 heavy (non-hydrogen) atoms. The summed E-state index contributed by atoms with van der Waals surface area (Å²) in [6, 6.07) is 8.71. The summed E-state index contributed by atoms with van der Waals surface area (Å²) in [6.07, 6.45) is 3.38. The number of nitrogens with two attached hydrogens (primary N) is 1. The predicted octanol–water partition coefficient (Wildman–Crippen LogP) is 2.63. The van der Waals surface area contributed by atoms with Crippen LogP contribution < -0.4 is 5.73 Å². The van der Waals surface area contributed by atoms with Crippen molar-refractivity contribution in [1.82, 2.24) is 4.98 Å². The maximum atomic E-state index is 12.1. The van der Waals surface area contributed by atoms with E-state index in [9.17, 15) is 4.21 Å². The number of hydrogen-bond acceptors (Lipinski definition) is 3. The Bertz CT molecular complexity index is 545. The molecule has 88 valence electrons. The molecule has 5 heteroatoms. The molecule has 0 bridgehead atoms. The van der Waals surface area contributed by atoms with E-state index in [-0.39, 0.29) is 0 Å². The third kappa shape index (κ3) is 3.05. The van der Waals surface area contributed by atoms with Crippen molar-refractivity contribution in [1.29, 1.82) is 0 Å². The Kier molecular flexibility index (Phi) is 3.76.